The second-order valence-corrected chi connectivity index (χ2v) is 7.81. The van der Waals surface area contributed by atoms with Crippen molar-refractivity contribution >= 4 is 15.7 Å². The third-order valence-corrected chi connectivity index (χ3v) is 6.33. The minimum Gasteiger partial charge on any atom is -0.492 e. The van der Waals surface area contributed by atoms with Crippen molar-refractivity contribution in [3.8, 4) is 11.8 Å². The second kappa shape index (κ2) is 7.77. The molecule has 136 valence electrons. The first-order valence-electron chi connectivity index (χ1n) is 8.54. The van der Waals surface area contributed by atoms with Crippen LogP contribution >= 0.6 is 0 Å². The Morgan fingerprint density at radius 3 is 2.38 bits per heavy atom. The molecule has 2 aromatic carbocycles. The summed E-state index contributed by atoms with van der Waals surface area (Å²) in [5.41, 5.74) is 1.15. The van der Waals surface area contributed by atoms with Crippen LogP contribution in [0.15, 0.2) is 53.4 Å². The number of sulfonamides is 1. The van der Waals surface area contributed by atoms with Crippen molar-refractivity contribution in [2.45, 2.75) is 11.8 Å². The Bertz CT molecular complexity index is 914. The summed E-state index contributed by atoms with van der Waals surface area (Å²) in [6.07, 6.45) is 0. The first kappa shape index (κ1) is 18.2. The van der Waals surface area contributed by atoms with Crippen molar-refractivity contribution in [1.29, 1.82) is 5.26 Å². The zero-order chi connectivity index (χ0) is 18.6. The van der Waals surface area contributed by atoms with Gasteiger partial charge in [-0.05, 0) is 31.2 Å². The van der Waals surface area contributed by atoms with Crippen LogP contribution in [0, 0.1) is 11.3 Å². The highest BCUT2D eigenvalue weighted by molar-refractivity contribution is 7.89. The highest BCUT2D eigenvalue weighted by Crippen LogP contribution is 2.30. The van der Waals surface area contributed by atoms with Crippen molar-refractivity contribution in [2.75, 3.05) is 37.7 Å². The topological polar surface area (TPSA) is 73.6 Å². The van der Waals surface area contributed by atoms with Crippen LogP contribution in [-0.4, -0.2) is 45.5 Å². The Morgan fingerprint density at radius 1 is 1.04 bits per heavy atom. The van der Waals surface area contributed by atoms with Crippen LogP contribution in [0.4, 0.5) is 5.69 Å². The van der Waals surface area contributed by atoms with Crippen LogP contribution in [0.5, 0.6) is 5.75 Å². The van der Waals surface area contributed by atoms with Crippen LogP contribution in [0.3, 0.4) is 0 Å². The molecule has 0 unspecified atom stereocenters. The van der Waals surface area contributed by atoms with Crippen LogP contribution in [0.25, 0.3) is 0 Å². The smallest absolute Gasteiger partial charge is 0.244 e. The quantitative estimate of drug-likeness (QED) is 0.807. The molecule has 26 heavy (non-hydrogen) atoms. The fourth-order valence-electron chi connectivity index (χ4n) is 3.09. The summed E-state index contributed by atoms with van der Waals surface area (Å²) >= 11 is 0. The van der Waals surface area contributed by atoms with Gasteiger partial charge in [-0.2, -0.15) is 9.57 Å². The molecule has 1 heterocycles. The van der Waals surface area contributed by atoms with Crippen LogP contribution in [-0.2, 0) is 10.0 Å². The fraction of sp³-hybridized carbons (Fsp3) is 0.316. The molecule has 0 amide bonds. The van der Waals surface area contributed by atoms with Gasteiger partial charge in [0, 0.05) is 26.2 Å². The molecule has 1 aliphatic heterocycles. The van der Waals surface area contributed by atoms with Gasteiger partial charge in [-0.25, -0.2) is 8.42 Å². The molecule has 7 heteroatoms. The summed E-state index contributed by atoms with van der Waals surface area (Å²) in [6.45, 7) is 4.38. The Kier molecular flexibility index (Phi) is 5.45. The van der Waals surface area contributed by atoms with Crippen molar-refractivity contribution < 1.29 is 13.2 Å². The van der Waals surface area contributed by atoms with Gasteiger partial charge in [0.2, 0.25) is 10.0 Å². The van der Waals surface area contributed by atoms with Gasteiger partial charge < -0.3 is 9.64 Å². The molecule has 6 nitrogen and oxygen atoms in total. The number of ether oxygens (including phenoxy) is 1. The number of rotatable bonds is 5. The highest BCUT2D eigenvalue weighted by atomic mass is 32.2. The van der Waals surface area contributed by atoms with Gasteiger partial charge in [-0.1, -0.05) is 24.3 Å². The zero-order valence-electron chi connectivity index (χ0n) is 14.6. The highest BCUT2D eigenvalue weighted by Gasteiger charge is 2.30. The SMILES string of the molecule is CCOc1ccccc1N1CCN(S(=O)(=O)c2ccccc2C#N)CC1. The second-order valence-electron chi connectivity index (χ2n) is 5.90. The molecule has 0 bridgehead atoms. The standard InChI is InChI=1S/C19H21N3O3S/c1-2-25-18-9-5-4-8-17(18)21-11-13-22(14-12-21)26(23,24)19-10-6-3-7-16(19)15-20/h3-10H,2,11-14H2,1H3. The lowest BCUT2D eigenvalue weighted by Gasteiger charge is -2.36. The number of hydrogen-bond donors (Lipinski definition) is 0. The average molecular weight is 371 g/mol. The van der Waals surface area contributed by atoms with Crippen LogP contribution in [0.2, 0.25) is 0 Å². The molecule has 2 aromatic rings. The van der Waals surface area contributed by atoms with Gasteiger partial charge in [0.05, 0.1) is 22.8 Å². The molecule has 0 atom stereocenters. The third-order valence-electron chi connectivity index (χ3n) is 4.37. The van der Waals surface area contributed by atoms with E-state index in [0.29, 0.717) is 32.8 Å². The molecule has 0 spiro atoms. The first-order valence-corrected chi connectivity index (χ1v) is 9.98. The maximum Gasteiger partial charge on any atom is 0.244 e. The van der Waals surface area contributed by atoms with E-state index in [1.54, 1.807) is 12.1 Å². The Labute approximate surface area is 154 Å². The lowest BCUT2D eigenvalue weighted by molar-refractivity contribution is 0.337. The van der Waals surface area contributed by atoms with Crippen molar-refractivity contribution in [2.24, 2.45) is 0 Å². The number of anilines is 1. The number of hydrogen-bond acceptors (Lipinski definition) is 5. The molecule has 0 radical (unpaired) electrons. The predicted molar refractivity (Wildman–Crippen MR) is 99.7 cm³/mol. The van der Waals surface area contributed by atoms with E-state index in [-0.39, 0.29) is 10.5 Å². The maximum absolute atomic E-state index is 12.9. The minimum atomic E-state index is -3.68. The summed E-state index contributed by atoms with van der Waals surface area (Å²) in [5.74, 6) is 0.807. The van der Waals surface area contributed by atoms with Gasteiger partial charge >= 0.3 is 0 Å². The first-order chi connectivity index (χ1) is 12.6. The molecular weight excluding hydrogens is 350 g/mol. The van der Waals surface area contributed by atoms with E-state index in [0.717, 1.165) is 11.4 Å². The third kappa shape index (κ3) is 3.52. The molecule has 1 saturated heterocycles. The number of benzene rings is 2. The molecule has 0 aliphatic carbocycles. The van der Waals surface area contributed by atoms with E-state index in [1.165, 1.54) is 16.4 Å². The van der Waals surface area contributed by atoms with E-state index in [2.05, 4.69) is 4.90 Å². The zero-order valence-corrected chi connectivity index (χ0v) is 15.4. The van der Waals surface area contributed by atoms with E-state index in [4.69, 9.17) is 4.74 Å². The number of nitrogens with zero attached hydrogens (tertiary/aromatic N) is 3. The maximum atomic E-state index is 12.9. The number of para-hydroxylation sites is 2. The van der Waals surface area contributed by atoms with E-state index in [1.807, 2.05) is 37.3 Å². The van der Waals surface area contributed by atoms with Gasteiger partial charge in [0.1, 0.15) is 11.8 Å². The molecule has 1 fully saturated rings. The minimum absolute atomic E-state index is 0.0747. The van der Waals surface area contributed by atoms with Crippen molar-refractivity contribution in [1.82, 2.24) is 4.31 Å². The Balaban J connectivity index is 1.78. The van der Waals surface area contributed by atoms with Gasteiger partial charge in [-0.3, -0.25) is 0 Å². The van der Waals surface area contributed by atoms with E-state index < -0.39 is 10.0 Å². The van der Waals surface area contributed by atoms with Gasteiger partial charge in [0.25, 0.3) is 0 Å². The largest absolute Gasteiger partial charge is 0.492 e. The normalized spacial score (nSPS) is 15.5. The summed E-state index contributed by atoms with van der Waals surface area (Å²) in [4.78, 5) is 2.21. The van der Waals surface area contributed by atoms with E-state index in [9.17, 15) is 13.7 Å². The van der Waals surface area contributed by atoms with Crippen molar-refractivity contribution in [3.63, 3.8) is 0 Å². The fourth-order valence-corrected chi connectivity index (χ4v) is 4.65. The molecule has 3 rings (SSSR count). The van der Waals surface area contributed by atoms with E-state index >= 15 is 0 Å². The molecule has 0 aromatic heterocycles. The van der Waals surface area contributed by atoms with Gasteiger partial charge in [-0.15, -0.1) is 0 Å². The average Bonchev–Trinajstić information content (AvgIpc) is 2.69. The Hall–Kier alpha value is -2.56. The molecule has 0 N–H and O–H groups in total. The summed E-state index contributed by atoms with van der Waals surface area (Å²) in [5, 5.41) is 9.20. The summed E-state index contributed by atoms with van der Waals surface area (Å²) in [6, 6.07) is 16.1. The predicted octanol–water partition coefficient (Wildman–Crippen LogP) is 2.47. The number of nitriles is 1. The van der Waals surface area contributed by atoms with Crippen molar-refractivity contribution in [3.05, 3.63) is 54.1 Å². The molecule has 1 aliphatic rings. The van der Waals surface area contributed by atoms with Crippen LogP contribution < -0.4 is 9.64 Å². The van der Waals surface area contributed by atoms with Crippen LogP contribution in [0.1, 0.15) is 12.5 Å². The molecular formula is C19H21N3O3S. The molecule has 0 saturated carbocycles. The lowest BCUT2D eigenvalue weighted by atomic mass is 10.2. The summed E-state index contributed by atoms with van der Waals surface area (Å²) in [7, 11) is -3.68. The Morgan fingerprint density at radius 2 is 1.69 bits per heavy atom. The number of piperazine rings is 1. The monoisotopic (exact) mass is 371 g/mol. The lowest BCUT2D eigenvalue weighted by Crippen LogP contribution is -2.48. The summed E-state index contributed by atoms with van der Waals surface area (Å²) < 4.78 is 32.9. The van der Waals surface area contributed by atoms with Gasteiger partial charge in [0.15, 0.2) is 0 Å².